The predicted molar refractivity (Wildman–Crippen MR) is 92.5 cm³/mol. The van der Waals surface area contributed by atoms with E-state index in [2.05, 4.69) is 15.7 Å². The minimum atomic E-state index is -3.06. The summed E-state index contributed by atoms with van der Waals surface area (Å²) < 4.78 is 23.1. The molecule has 23 heavy (non-hydrogen) atoms. The Bertz CT molecular complexity index is 781. The molecule has 2 aromatic rings. The Hall–Kier alpha value is -1.25. The summed E-state index contributed by atoms with van der Waals surface area (Å²) >= 11 is 3.14. The Morgan fingerprint density at radius 3 is 2.87 bits per heavy atom. The molecule has 0 radical (unpaired) electrons. The molecule has 0 aliphatic carbocycles. The van der Waals surface area contributed by atoms with Crippen molar-refractivity contribution in [2.24, 2.45) is 5.92 Å². The molecule has 0 bridgehead atoms. The summed E-state index contributed by atoms with van der Waals surface area (Å²) in [6, 6.07) is 1.82. The molecule has 3 rings (SSSR count). The number of carbonyl (C=O) groups is 1. The van der Waals surface area contributed by atoms with Gasteiger partial charge in [-0.25, -0.2) is 13.4 Å². The SMILES string of the molecule is Cc1csc([C@@H](Cc2ccsc2)NC(=O)[C@H]2CCS(=O)(=O)C2)n1. The number of sulfone groups is 1. The van der Waals surface area contributed by atoms with Gasteiger partial charge in [-0.15, -0.1) is 11.3 Å². The van der Waals surface area contributed by atoms with Crippen molar-refractivity contribution < 1.29 is 13.2 Å². The van der Waals surface area contributed by atoms with Gasteiger partial charge in [0, 0.05) is 17.5 Å². The Labute approximate surface area is 143 Å². The molecule has 1 aliphatic rings. The van der Waals surface area contributed by atoms with Gasteiger partial charge >= 0.3 is 0 Å². The van der Waals surface area contributed by atoms with E-state index in [9.17, 15) is 13.2 Å². The molecule has 0 spiro atoms. The second-order valence-electron chi connectivity index (χ2n) is 5.82. The van der Waals surface area contributed by atoms with Crippen molar-refractivity contribution in [3.63, 3.8) is 0 Å². The van der Waals surface area contributed by atoms with E-state index in [0.29, 0.717) is 12.8 Å². The zero-order valence-electron chi connectivity index (χ0n) is 12.7. The number of hydrogen-bond donors (Lipinski definition) is 1. The summed E-state index contributed by atoms with van der Waals surface area (Å²) in [6.45, 7) is 1.92. The van der Waals surface area contributed by atoms with Crippen LogP contribution in [0.2, 0.25) is 0 Å². The average molecular weight is 371 g/mol. The number of aromatic nitrogens is 1. The van der Waals surface area contributed by atoms with Crippen LogP contribution in [-0.2, 0) is 21.1 Å². The molecular weight excluding hydrogens is 352 g/mol. The van der Waals surface area contributed by atoms with E-state index in [4.69, 9.17) is 0 Å². The summed E-state index contributed by atoms with van der Waals surface area (Å²) in [6.07, 6.45) is 1.08. The van der Waals surface area contributed by atoms with E-state index in [1.165, 1.54) is 11.3 Å². The third-order valence-corrected chi connectivity index (χ3v) is 7.45. The first kappa shape index (κ1) is 16.6. The van der Waals surface area contributed by atoms with E-state index >= 15 is 0 Å². The van der Waals surface area contributed by atoms with Crippen LogP contribution in [-0.4, -0.2) is 30.8 Å². The molecule has 0 aromatic carbocycles. The summed E-state index contributed by atoms with van der Waals surface area (Å²) in [5.41, 5.74) is 2.07. The van der Waals surface area contributed by atoms with Gasteiger partial charge in [0.2, 0.25) is 5.91 Å². The van der Waals surface area contributed by atoms with Gasteiger partial charge in [-0.1, -0.05) is 0 Å². The van der Waals surface area contributed by atoms with Crippen molar-refractivity contribution in [3.8, 4) is 0 Å². The maximum absolute atomic E-state index is 12.5. The van der Waals surface area contributed by atoms with Crippen LogP contribution < -0.4 is 5.32 Å². The number of thiophene rings is 1. The number of aryl methyl sites for hydroxylation is 1. The van der Waals surface area contributed by atoms with Gasteiger partial charge in [0.15, 0.2) is 9.84 Å². The molecule has 8 heteroatoms. The number of amides is 1. The smallest absolute Gasteiger partial charge is 0.224 e. The molecule has 5 nitrogen and oxygen atoms in total. The van der Waals surface area contributed by atoms with E-state index in [1.807, 2.05) is 23.8 Å². The van der Waals surface area contributed by atoms with Gasteiger partial charge in [-0.05, 0) is 35.7 Å². The largest absolute Gasteiger partial charge is 0.346 e. The second kappa shape index (κ2) is 6.70. The number of thiazole rings is 1. The number of nitrogens with one attached hydrogen (secondary N) is 1. The Kier molecular flexibility index (Phi) is 4.84. The predicted octanol–water partition coefficient (Wildman–Crippen LogP) is 2.35. The second-order valence-corrected chi connectivity index (χ2v) is 9.72. The summed E-state index contributed by atoms with van der Waals surface area (Å²) in [4.78, 5) is 16.9. The first-order valence-electron chi connectivity index (χ1n) is 7.37. The lowest BCUT2D eigenvalue weighted by molar-refractivity contribution is -0.125. The molecule has 0 saturated carbocycles. The standard InChI is InChI=1S/C15H18N2O3S3/c1-10-7-22-15(16-10)13(6-11-2-4-21-8-11)17-14(18)12-3-5-23(19,20)9-12/h2,4,7-8,12-13H,3,5-6,9H2,1H3,(H,17,18)/t12-,13+/m0/s1. The van der Waals surface area contributed by atoms with E-state index in [1.54, 1.807) is 11.3 Å². The molecule has 3 heterocycles. The van der Waals surface area contributed by atoms with Crippen LogP contribution in [0, 0.1) is 12.8 Å². The lowest BCUT2D eigenvalue weighted by atomic mass is 10.1. The van der Waals surface area contributed by atoms with Gasteiger partial charge in [-0.2, -0.15) is 11.3 Å². The first-order chi connectivity index (χ1) is 10.9. The van der Waals surface area contributed by atoms with Crippen molar-refractivity contribution in [1.82, 2.24) is 10.3 Å². The number of carbonyl (C=O) groups excluding carboxylic acids is 1. The van der Waals surface area contributed by atoms with Crippen LogP contribution in [0.15, 0.2) is 22.2 Å². The molecule has 2 aromatic heterocycles. The van der Waals surface area contributed by atoms with Gasteiger partial charge in [0.25, 0.3) is 0 Å². The average Bonchev–Trinajstić information content (AvgIpc) is 3.19. The van der Waals surface area contributed by atoms with E-state index in [-0.39, 0.29) is 23.5 Å². The topological polar surface area (TPSA) is 76.1 Å². The fraction of sp³-hybridized carbons (Fsp3) is 0.467. The summed E-state index contributed by atoms with van der Waals surface area (Å²) in [7, 11) is -3.06. The first-order valence-corrected chi connectivity index (χ1v) is 11.0. The molecule has 1 fully saturated rings. The van der Waals surface area contributed by atoms with E-state index < -0.39 is 15.8 Å². The molecule has 0 unspecified atom stereocenters. The van der Waals surface area contributed by atoms with Crippen LogP contribution in [0.5, 0.6) is 0 Å². The van der Waals surface area contributed by atoms with Crippen molar-refractivity contribution in [1.29, 1.82) is 0 Å². The molecule has 1 amide bonds. The van der Waals surface area contributed by atoms with Crippen molar-refractivity contribution in [2.45, 2.75) is 25.8 Å². The minimum Gasteiger partial charge on any atom is -0.346 e. The normalized spacial score (nSPS) is 21.2. The molecule has 1 saturated heterocycles. The third-order valence-electron chi connectivity index (χ3n) is 3.87. The highest BCUT2D eigenvalue weighted by atomic mass is 32.2. The lowest BCUT2D eigenvalue weighted by Crippen LogP contribution is -2.35. The van der Waals surface area contributed by atoms with Crippen molar-refractivity contribution in [3.05, 3.63) is 38.5 Å². The van der Waals surface area contributed by atoms with Crippen LogP contribution >= 0.6 is 22.7 Å². The quantitative estimate of drug-likeness (QED) is 0.876. The Morgan fingerprint density at radius 2 is 2.30 bits per heavy atom. The van der Waals surface area contributed by atoms with E-state index in [0.717, 1.165) is 16.3 Å². The highest BCUT2D eigenvalue weighted by molar-refractivity contribution is 7.91. The van der Waals surface area contributed by atoms with Crippen LogP contribution in [0.3, 0.4) is 0 Å². The zero-order chi connectivity index (χ0) is 16.4. The maximum atomic E-state index is 12.5. The number of rotatable bonds is 5. The molecule has 2 atom stereocenters. The monoisotopic (exact) mass is 370 g/mol. The van der Waals surface area contributed by atoms with Crippen LogP contribution in [0.4, 0.5) is 0 Å². The molecular formula is C15H18N2O3S3. The van der Waals surface area contributed by atoms with Gasteiger partial charge in [-0.3, -0.25) is 4.79 Å². The Balaban J connectivity index is 1.74. The highest BCUT2D eigenvalue weighted by Gasteiger charge is 2.34. The van der Waals surface area contributed by atoms with Crippen molar-refractivity contribution in [2.75, 3.05) is 11.5 Å². The molecule has 1 aliphatic heterocycles. The highest BCUT2D eigenvalue weighted by Crippen LogP contribution is 2.25. The van der Waals surface area contributed by atoms with Gasteiger partial charge < -0.3 is 5.32 Å². The molecule has 1 N–H and O–H groups in total. The lowest BCUT2D eigenvalue weighted by Gasteiger charge is -2.18. The van der Waals surface area contributed by atoms with Gasteiger partial charge in [0.1, 0.15) is 5.01 Å². The fourth-order valence-corrected chi connectivity index (χ4v) is 5.94. The maximum Gasteiger partial charge on any atom is 0.224 e. The fourth-order valence-electron chi connectivity index (χ4n) is 2.67. The van der Waals surface area contributed by atoms with Crippen molar-refractivity contribution >= 4 is 38.4 Å². The van der Waals surface area contributed by atoms with Crippen LogP contribution in [0.25, 0.3) is 0 Å². The van der Waals surface area contributed by atoms with Gasteiger partial charge in [0.05, 0.1) is 23.5 Å². The van der Waals surface area contributed by atoms with Crippen LogP contribution in [0.1, 0.15) is 28.7 Å². The summed E-state index contributed by atoms with van der Waals surface area (Å²) in [5.74, 6) is -0.553. The number of nitrogens with zero attached hydrogens (tertiary/aromatic N) is 1. The third kappa shape index (κ3) is 4.19. The Morgan fingerprint density at radius 1 is 1.48 bits per heavy atom. The molecule has 124 valence electrons. The number of hydrogen-bond acceptors (Lipinski definition) is 6. The zero-order valence-corrected chi connectivity index (χ0v) is 15.1. The summed E-state index contributed by atoms with van der Waals surface area (Å²) in [5, 5.41) is 9.90. The minimum absolute atomic E-state index is 0.0408.